The first-order chi connectivity index (χ1) is 8.94. The van der Waals surface area contributed by atoms with E-state index in [0.29, 0.717) is 24.7 Å². The molecule has 1 atom stereocenters. The first kappa shape index (κ1) is 16.2. The predicted octanol–water partition coefficient (Wildman–Crippen LogP) is 3.90. The number of rotatable bonds is 8. The highest BCUT2D eigenvalue weighted by Gasteiger charge is 2.25. The minimum absolute atomic E-state index is 0.00589. The van der Waals surface area contributed by atoms with Crippen LogP contribution in [0.1, 0.15) is 72.1 Å². The minimum Gasteiger partial charge on any atom is -0.466 e. The number of unbranched alkanes of at least 4 members (excludes halogenated alkanes) is 1. The molecule has 1 aliphatic carbocycles. The van der Waals surface area contributed by atoms with Gasteiger partial charge >= 0.3 is 5.97 Å². The van der Waals surface area contributed by atoms with E-state index >= 15 is 0 Å². The Bertz CT molecular complexity index is 307. The molecule has 1 aliphatic rings. The van der Waals surface area contributed by atoms with Crippen LogP contribution in [0.4, 0.5) is 0 Å². The highest BCUT2D eigenvalue weighted by molar-refractivity contribution is 5.82. The topological polar surface area (TPSA) is 43.4 Å². The van der Waals surface area contributed by atoms with Crippen LogP contribution in [0, 0.1) is 11.3 Å². The number of carbonyl (C=O) groups is 2. The Hall–Kier alpha value is -0.860. The van der Waals surface area contributed by atoms with Gasteiger partial charge < -0.3 is 4.74 Å². The molecule has 1 unspecified atom stereocenters. The van der Waals surface area contributed by atoms with E-state index in [9.17, 15) is 9.59 Å². The van der Waals surface area contributed by atoms with Crippen LogP contribution in [0.3, 0.4) is 0 Å². The number of hydrogen-bond donors (Lipinski definition) is 0. The van der Waals surface area contributed by atoms with E-state index in [1.807, 2.05) is 6.92 Å². The van der Waals surface area contributed by atoms with Crippen LogP contribution in [0.15, 0.2) is 0 Å². The van der Waals surface area contributed by atoms with Gasteiger partial charge in [-0.2, -0.15) is 0 Å². The summed E-state index contributed by atoms with van der Waals surface area (Å²) in [4.78, 5) is 23.0. The van der Waals surface area contributed by atoms with E-state index < -0.39 is 0 Å². The molecule has 0 saturated heterocycles. The first-order valence-corrected chi connectivity index (χ1v) is 7.63. The maximum atomic E-state index is 11.5. The maximum absolute atomic E-state index is 11.5. The van der Waals surface area contributed by atoms with Crippen LogP contribution < -0.4 is 0 Å². The van der Waals surface area contributed by atoms with Crippen LogP contribution in [0.5, 0.6) is 0 Å². The fourth-order valence-electron chi connectivity index (χ4n) is 2.88. The monoisotopic (exact) mass is 268 g/mol. The summed E-state index contributed by atoms with van der Waals surface area (Å²) in [6.07, 6.45) is 7.70. The zero-order chi connectivity index (χ0) is 14.3. The largest absolute Gasteiger partial charge is 0.466 e. The summed E-state index contributed by atoms with van der Waals surface area (Å²) in [5, 5.41) is 0. The van der Waals surface area contributed by atoms with Crippen LogP contribution in [0.25, 0.3) is 0 Å². The van der Waals surface area contributed by atoms with Crippen molar-refractivity contribution in [2.24, 2.45) is 11.3 Å². The highest BCUT2D eigenvalue weighted by atomic mass is 16.5. The molecule has 0 aromatic carbocycles. The highest BCUT2D eigenvalue weighted by Crippen LogP contribution is 2.30. The van der Waals surface area contributed by atoms with Crippen LogP contribution in [-0.2, 0) is 14.3 Å². The standard InChI is InChI=1S/C16H28O3/c1-4-19-15(18)12-16(2,3)11-6-5-8-13-9-7-10-14(13)17/h13H,4-12H2,1-3H3. The molecule has 1 saturated carbocycles. The second-order valence-corrected chi connectivity index (χ2v) is 6.45. The quantitative estimate of drug-likeness (QED) is 0.495. The molecule has 19 heavy (non-hydrogen) atoms. The Balaban J connectivity index is 2.16. The lowest BCUT2D eigenvalue weighted by molar-refractivity contribution is -0.145. The molecule has 0 aromatic rings. The Morgan fingerprint density at radius 2 is 2.11 bits per heavy atom. The fraction of sp³-hybridized carbons (Fsp3) is 0.875. The molecule has 0 spiro atoms. The Kier molecular flexibility index (Phi) is 6.53. The zero-order valence-corrected chi connectivity index (χ0v) is 12.7. The van der Waals surface area contributed by atoms with Gasteiger partial charge in [-0.15, -0.1) is 0 Å². The minimum atomic E-state index is -0.0986. The predicted molar refractivity (Wildman–Crippen MR) is 75.8 cm³/mol. The molecule has 3 heteroatoms. The molecule has 1 fully saturated rings. The summed E-state index contributed by atoms with van der Waals surface area (Å²) >= 11 is 0. The first-order valence-electron chi connectivity index (χ1n) is 7.63. The molecule has 110 valence electrons. The van der Waals surface area contributed by atoms with Crippen molar-refractivity contribution in [3.8, 4) is 0 Å². The summed E-state index contributed by atoms with van der Waals surface area (Å²) in [6, 6.07) is 0. The second-order valence-electron chi connectivity index (χ2n) is 6.45. The molecule has 0 heterocycles. The van der Waals surface area contributed by atoms with E-state index in [-0.39, 0.29) is 11.4 Å². The number of Topliss-reactive ketones (excluding diaryl/α,β-unsaturated/α-hetero) is 1. The fourth-order valence-corrected chi connectivity index (χ4v) is 2.88. The summed E-state index contributed by atoms with van der Waals surface area (Å²) < 4.78 is 5.00. The molecule has 3 nitrogen and oxygen atoms in total. The summed E-state index contributed by atoms with van der Waals surface area (Å²) in [5.41, 5.74) is 0.00589. The Morgan fingerprint density at radius 1 is 1.37 bits per heavy atom. The average Bonchev–Trinajstić information content (AvgIpc) is 2.70. The lowest BCUT2D eigenvalue weighted by Crippen LogP contribution is -2.19. The van der Waals surface area contributed by atoms with E-state index in [2.05, 4.69) is 13.8 Å². The van der Waals surface area contributed by atoms with Gasteiger partial charge in [-0.05, 0) is 38.0 Å². The van der Waals surface area contributed by atoms with Gasteiger partial charge in [-0.25, -0.2) is 0 Å². The Labute approximate surface area is 117 Å². The number of esters is 1. The third-order valence-corrected chi connectivity index (χ3v) is 4.02. The number of ether oxygens (including phenoxy) is 1. The van der Waals surface area contributed by atoms with Crippen LogP contribution in [0.2, 0.25) is 0 Å². The van der Waals surface area contributed by atoms with Crippen LogP contribution >= 0.6 is 0 Å². The van der Waals surface area contributed by atoms with Crippen molar-refractivity contribution in [1.82, 2.24) is 0 Å². The van der Waals surface area contributed by atoms with Crippen molar-refractivity contribution in [2.75, 3.05) is 6.61 Å². The lowest BCUT2D eigenvalue weighted by atomic mass is 9.83. The lowest BCUT2D eigenvalue weighted by Gasteiger charge is -2.23. The van der Waals surface area contributed by atoms with Crippen LogP contribution in [-0.4, -0.2) is 18.4 Å². The van der Waals surface area contributed by atoms with Gasteiger partial charge in [0.25, 0.3) is 0 Å². The maximum Gasteiger partial charge on any atom is 0.306 e. The second kappa shape index (κ2) is 7.66. The molecule has 1 rings (SSSR count). The van der Waals surface area contributed by atoms with Gasteiger partial charge in [0.15, 0.2) is 0 Å². The van der Waals surface area contributed by atoms with Crippen molar-refractivity contribution in [1.29, 1.82) is 0 Å². The number of ketones is 1. The Morgan fingerprint density at radius 3 is 2.68 bits per heavy atom. The van der Waals surface area contributed by atoms with E-state index in [0.717, 1.165) is 44.9 Å². The van der Waals surface area contributed by atoms with E-state index in [1.54, 1.807) is 0 Å². The summed E-state index contributed by atoms with van der Waals surface area (Å²) in [5.74, 6) is 0.692. The van der Waals surface area contributed by atoms with Crippen molar-refractivity contribution < 1.29 is 14.3 Å². The van der Waals surface area contributed by atoms with Gasteiger partial charge in [-0.1, -0.05) is 26.7 Å². The van der Waals surface area contributed by atoms with Gasteiger partial charge in [0.2, 0.25) is 0 Å². The zero-order valence-electron chi connectivity index (χ0n) is 12.7. The molecular formula is C16H28O3. The van der Waals surface area contributed by atoms with E-state index in [4.69, 9.17) is 4.74 Å². The number of carbonyl (C=O) groups excluding carboxylic acids is 2. The molecule has 0 radical (unpaired) electrons. The summed E-state index contributed by atoms with van der Waals surface area (Å²) in [6.45, 7) is 6.53. The van der Waals surface area contributed by atoms with Gasteiger partial charge in [-0.3, -0.25) is 9.59 Å². The van der Waals surface area contributed by atoms with E-state index in [1.165, 1.54) is 0 Å². The third kappa shape index (κ3) is 6.22. The number of hydrogen-bond acceptors (Lipinski definition) is 3. The molecule has 0 amide bonds. The molecule has 0 bridgehead atoms. The van der Waals surface area contributed by atoms with Gasteiger partial charge in [0.05, 0.1) is 13.0 Å². The van der Waals surface area contributed by atoms with Crippen molar-refractivity contribution in [3.63, 3.8) is 0 Å². The third-order valence-electron chi connectivity index (χ3n) is 4.02. The van der Waals surface area contributed by atoms with Gasteiger partial charge in [0, 0.05) is 12.3 Å². The van der Waals surface area contributed by atoms with Gasteiger partial charge in [0.1, 0.15) is 5.78 Å². The summed E-state index contributed by atoms with van der Waals surface area (Å²) in [7, 11) is 0. The SMILES string of the molecule is CCOC(=O)CC(C)(C)CCCCC1CCCC1=O. The normalized spacial score (nSPS) is 19.7. The van der Waals surface area contributed by atoms with Crippen molar-refractivity contribution >= 4 is 11.8 Å². The average molecular weight is 268 g/mol. The smallest absolute Gasteiger partial charge is 0.306 e. The molecule has 0 aromatic heterocycles. The molecule has 0 aliphatic heterocycles. The van der Waals surface area contributed by atoms with Crippen molar-refractivity contribution in [3.05, 3.63) is 0 Å². The van der Waals surface area contributed by atoms with Crippen molar-refractivity contribution in [2.45, 2.75) is 72.1 Å². The molecular weight excluding hydrogens is 240 g/mol. The molecule has 0 N–H and O–H groups in total.